The lowest BCUT2D eigenvalue weighted by Gasteiger charge is -2.17. The van der Waals surface area contributed by atoms with Gasteiger partial charge in [-0.2, -0.15) is 0 Å². The number of nitrogens with zero attached hydrogens (tertiary/aromatic N) is 1. The summed E-state index contributed by atoms with van der Waals surface area (Å²) in [5, 5.41) is 0. The van der Waals surface area contributed by atoms with Gasteiger partial charge >= 0.3 is 0 Å². The molecule has 106 valence electrons. The number of carbonyl (C=O) groups excluding carboxylic acids is 1. The minimum Gasteiger partial charge on any atom is -0.286 e. The molecule has 2 nitrogen and oxygen atoms in total. The summed E-state index contributed by atoms with van der Waals surface area (Å²) in [6.07, 6.45) is 0. The predicted molar refractivity (Wildman–Crippen MR) is 87.6 cm³/mol. The van der Waals surface area contributed by atoms with Gasteiger partial charge in [0.1, 0.15) is 0 Å². The Labute approximate surface area is 129 Å². The summed E-state index contributed by atoms with van der Waals surface area (Å²) in [6.45, 7) is 0. The van der Waals surface area contributed by atoms with E-state index >= 15 is 0 Å². The predicted octanol–water partition coefficient (Wildman–Crippen LogP) is 3.98. The fourth-order valence-corrected chi connectivity index (χ4v) is 3.15. The van der Waals surface area contributed by atoms with Crippen LogP contribution in [0.1, 0.15) is 11.1 Å². The molecule has 3 aromatic rings. The van der Waals surface area contributed by atoms with E-state index in [0.717, 1.165) is 16.8 Å². The number of rotatable bonds is 3. The van der Waals surface area contributed by atoms with Gasteiger partial charge in [0.15, 0.2) is 5.54 Å². The van der Waals surface area contributed by atoms with Crippen LogP contribution < -0.4 is 4.90 Å². The SMILES string of the molecule is O=C1N(c2ccccc2)C1(c1ccccc1)c1ccccc1. The largest absolute Gasteiger partial charge is 0.286 e. The third kappa shape index (κ3) is 1.70. The van der Waals surface area contributed by atoms with Gasteiger partial charge in [-0.1, -0.05) is 78.9 Å². The van der Waals surface area contributed by atoms with E-state index in [0.29, 0.717) is 0 Å². The molecule has 0 aromatic heterocycles. The smallest absolute Gasteiger partial charge is 0.264 e. The van der Waals surface area contributed by atoms with Gasteiger partial charge in [0.05, 0.1) is 0 Å². The van der Waals surface area contributed by atoms with Crippen molar-refractivity contribution in [2.75, 3.05) is 4.90 Å². The van der Waals surface area contributed by atoms with E-state index in [1.807, 2.05) is 95.9 Å². The Bertz CT molecular complexity index is 757. The lowest BCUT2D eigenvalue weighted by Crippen LogP contribution is -2.18. The standard InChI is InChI=1S/C20H15NO/c22-19-20(16-10-4-1-5-11-16,17-12-6-2-7-13-17)21(19)18-14-8-3-9-15-18/h1-15H. The van der Waals surface area contributed by atoms with Crippen LogP contribution in [0, 0.1) is 0 Å². The molecule has 1 aliphatic rings. The van der Waals surface area contributed by atoms with E-state index in [-0.39, 0.29) is 5.91 Å². The average molecular weight is 285 g/mol. The third-order valence-corrected chi connectivity index (χ3v) is 4.20. The van der Waals surface area contributed by atoms with Crippen LogP contribution in [0.5, 0.6) is 0 Å². The van der Waals surface area contributed by atoms with Crippen LogP contribution in [-0.4, -0.2) is 5.91 Å². The van der Waals surface area contributed by atoms with Crippen LogP contribution in [-0.2, 0) is 10.3 Å². The molecule has 0 bridgehead atoms. The quantitative estimate of drug-likeness (QED) is 0.667. The van der Waals surface area contributed by atoms with Crippen molar-refractivity contribution in [2.24, 2.45) is 0 Å². The maximum absolute atomic E-state index is 12.9. The fourth-order valence-electron chi connectivity index (χ4n) is 3.15. The van der Waals surface area contributed by atoms with Gasteiger partial charge in [-0.05, 0) is 23.3 Å². The minimum absolute atomic E-state index is 0.121. The normalized spacial score (nSPS) is 15.6. The van der Waals surface area contributed by atoms with E-state index in [2.05, 4.69) is 0 Å². The van der Waals surface area contributed by atoms with Gasteiger partial charge in [-0.25, -0.2) is 0 Å². The van der Waals surface area contributed by atoms with E-state index in [1.165, 1.54) is 0 Å². The summed E-state index contributed by atoms with van der Waals surface area (Å²) in [6, 6.07) is 29.8. The maximum Gasteiger partial charge on any atom is 0.264 e. The first-order valence-electron chi connectivity index (χ1n) is 7.36. The Morgan fingerprint density at radius 1 is 0.591 bits per heavy atom. The van der Waals surface area contributed by atoms with Crippen LogP contribution in [0.4, 0.5) is 5.69 Å². The van der Waals surface area contributed by atoms with Crippen molar-refractivity contribution in [1.82, 2.24) is 0 Å². The van der Waals surface area contributed by atoms with Crippen molar-refractivity contribution < 1.29 is 4.79 Å². The highest BCUT2D eigenvalue weighted by atomic mass is 16.2. The number of para-hydroxylation sites is 1. The van der Waals surface area contributed by atoms with E-state index in [1.54, 1.807) is 0 Å². The lowest BCUT2D eigenvalue weighted by atomic mass is 9.90. The molecule has 1 saturated heterocycles. The molecule has 0 aliphatic carbocycles. The van der Waals surface area contributed by atoms with Gasteiger partial charge in [0, 0.05) is 5.69 Å². The Hall–Kier alpha value is -2.87. The molecule has 4 rings (SSSR count). The van der Waals surface area contributed by atoms with Crippen molar-refractivity contribution in [3.8, 4) is 0 Å². The molecule has 22 heavy (non-hydrogen) atoms. The summed E-state index contributed by atoms with van der Waals surface area (Å²) < 4.78 is 0. The molecular formula is C20H15NO. The number of anilines is 1. The highest BCUT2D eigenvalue weighted by molar-refractivity contribution is 6.23. The summed E-state index contributed by atoms with van der Waals surface area (Å²) >= 11 is 0. The van der Waals surface area contributed by atoms with Crippen LogP contribution in [0.3, 0.4) is 0 Å². The molecule has 2 heteroatoms. The van der Waals surface area contributed by atoms with E-state index in [4.69, 9.17) is 0 Å². The molecule has 1 amide bonds. The number of carbonyl (C=O) groups is 1. The number of hydrogen-bond acceptors (Lipinski definition) is 1. The molecule has 0 N–H and O–H groups in total. The zero-order valence-electron chi connectivity index (χ0n) is 12.0. The molecule has 1 heterocycles. The number of benzene rings is 3. The zero-order chi connectivity index (χ0) is 15.0. The molecule has 0 unspecified atom stereocenters. The lowest BCUT2D eigenvalue weighted by molar-refractivity contribution is -0.111. The fraction of sp³-hybridized carbons (Fsp3) is 0.0500. The maximum atomic E-state index is 12.9. The Morgan fingerprint density at radius 2 is 1.00 bits per heavy atom. The second kappa shape index (κ2) is 4.85. The van der Waals surface area contributed by atoms with E-state index < -0.39 is 5.54 Å². The van der Waals surface area contributed by atoms with Crippen molar-refractivity contribution >= 4 is 11.6 Å². The van der Waals surface area contributed by atoms with Crippen molar-refractivity contribution in [3.63, 3.8) is 0 Å². The van der Waals surface area contributed by atoms with E-state index in [9.17, 15) is 4.79 Å². The molecule has 0 spiro atoms. The van der Waals surface area contributed by atoms with Gasteiger partial charge in [0.25, 0.3) is 5.91 Å². The van der Waals surface area contributed by atoms with Gasteiger partial charge in [0.2, 0.25) is 0 Å². The molecule has 1 aliphatic heterocycles. The molecule has 0 saturated carbocycles. The molecule has 0 atom stereocenters. The topological polar surface area (TPSA) is 20.1 Å². The van der Waals surface area contributed by atoms with Crippen LogP contribution in [0.25, 0.3) is 0 Å². The molecule has 3 aromatic carbocycles. The second-order valence-corrected chi connectivity index (χ2v) is 5.42. The Balaban J connectivity index is 1.91. The monoisotopic (exact) mass is 285 g/mol. The van der Waals surface area contributed by atoms with Gasteiger partial charge < -0.3 is 0 Å². The minimum atomic E-state index is -0.691. The van der Waals surface area contributed by atoms with Crippen LogP contribution >= 0.6 is 0 Å². The molecule has 1 fully saturated rings. The van der Waals surface area contributed by atoms with Gasteiger partial charge in [-0.3, -0.25) is 9.69 Å². The van der Waals surface area contributed by atoms with Crippen molar-refractivity contribution in [1.29, 1.82) is 0 Å². The highest BCUT2D eigenvalue weighted by Crippen LogP contribution is 2.52. The van der Waals surface area contributed by atoms with Gasteiger partial charge in [-0.15, -0.1) is 0 Å². The summed E-state index contributed by atoms with van der Waals surface area (Å²) in [7, 11) is 0. The summed E-state index contributed by atoms with van der Waals surface area (Å²) in [4.78, 5) is 14.7. The summed E-state index contributed by atoms with van der Waals surface area (Å²) in [5.74, 6) is 0.121. The second-order valence-electron chi connectivity index (χ2n) is 5.42. The highest BCUT2D eigenvalue weighted by Gasteiger charge is 2.65. The molecular weight excluding hydrogens is 270 g/mol. The average Bonchev–Trinajstić information content (AvgIpc) is 3.24. The number of hydrogen-bond donors (Lipinski definition) is 0. The first kappa shape index (κ1) is 12.8. The third-order valence-electron chi connectivity index (χ3n) is 4.20. The Morgan fingerprint density at radius 3 is 1.45 bits per heavy atom. The molecule has 0 radical (unpaired) electrons. The van der Waals surface area contributed by atoms with Crippen LogP contribution in [0.15, 0.2) is 91.0 Å². The first-order chi connectivity index (χ1) is 10.8. The van der Waals surface area contributed by atoms with Crippen molar-refractivity contribution in [3.05, 3.63) is 102 Å². The Kier molecular flexibility index (Phi) is 2.83. The summed E-state index contributed by atoms with van der Waals surface area (Å²) in [5.41, 5.74) is 2.26. The first-order valence-corrected chi connectivity index (χ1v) is 7.36. The van der Waals surface area contributed by atoms with Crippen LogP contribution in [0.2, 0.25) is 0 Å². The number of amides is 1. The zero-order valence-corrected chi connectivity index (χ0v) is 12.0. The van der Waals surface area contributed by atoms with Crippen molar-refractivity contribution in [2.45, 2.75) is 5.54 Å².